The summed E-state index contributed by atoms with van der Waals surface area (Å²) < 4.78 is 36.5. The lowest BCUT2D eigenvalue weighted by Gasteiger charge is -2.15. The highest BCUT2D eigenvalue weighted by molar-refractivity contribution is 7.89. The van der Waals surface area contributed by atoms with Crippen molar-refractivity contribution in [3.8, 4) is 11.5 Å². The molecule has 2 aromatic rings. The fraction of sp³-hybridized carbons (Fsp3) is 0.316. The monoisotopic (exact) mass is 390 g/mol. The van der Waals surface area contributed by atoms with Gasteiger partial charge in [0.1, 0.15) is 11.5 Å². The van der Waals surface area contributed by atoms with Crippen molar-refractivity contribution >= 4 is 21.6 Å². The Balaban J connectivity index is 1.80. The molecule has 1 aliphatic rings. The predicted molar refractivity (Wildman–Crippen MR) is 102 cm³/mol. The Morgan fingerprint density at radius 2 is 2.00 bits per heavy atom. The second kappa shape index (κ2) is 7.58. The molecule has 0 spiro atoms. The minimum atomic E-state index is -3.61. The van der Waals surface area contributed by atoms with Crippen molar-refractivity contribution in [2.45, 2.75) is 17.7 Å². The van der Waals surface area contributed by atoms with Crippen LogP contribution in [-0.4, -0.2) is 46.4 Å². The van der Waals surface area contributed by atoms with Crippen LogP contribution in [-0.2, 0) is 27.7 Å². The number of ether oxygens (including phenoxy) is 2. The number of benzene rings is 2. The van der Waals surface area contributed by atoms with Crippen LogP contribution < -0.4 is 14.8 Å². The number of hydrogen-bond donors (Lipinski definition) is 1. The molecule has 144 valence electrons. The third-order valence-corrected chi connectivity index (χ3v) is 6.15. The van der Waals surface area contributed by atoms with E-state index in [1.807, 2.05) is 18.2 Å². The molecule has 1 amide bonds. The molecule has 1 N–H and O–H groups in total. The molecule has 0 saturated carbocycles. The normalized spacial score (nSPS) is 13.2. The van der Waals surface area contributed by atoms with Crippen molar-refractivity contribution in [1.29, 1.82) is 0 Å². The van der Waals surface area contributed by atoms with E-state index in [0.717, 1.165) is 27.6 Å². The molecule has 0 unspecified atom stereocenters. The van der Waals surface area contributed by atoms with Crippen molar-refractivity contribution in [2.24, 2.45) is 0 Å². The molecule has 0 aromatic heterocycles. The fourth-order valence-corrected chi connectivity index (χ4v) is 3.81. The third-order valence-electron chi connectivity index (χ3n) is 4.34. The maximum absolute atomic E-state index is 12.5. The first-order valence-corrected chi connectivity index (χ1v) is 9.90. The lowest BCUT2D eigenvalue weighted by Crippen LogP contribution is -2.22. The Morgan fingerprint density at radius 3 is 2.70 bits per heavy atom. The topological polar surface area (TPSA) is 84.9 Å². The van der Waals surface area contributed by atoms with Gasteiger partial charge in [0, 0.05) is 20.5 Å². The van der Waals surface area contributed by atoms with Crippen molar-refractivity contribution < 1.29 is 22.7 Å². The van der Waals surface area contributed by atoms with Gasteiger partial charge < -0.3 is 14.8 Å². The van der Waals surface area contributed by atoms with E-state index in [-0.39, 0.29) is 17.2 Å². The predicted octanol–water partition coefficient (Wildman–Crippen LogP) is 2.06. The molecular weight excluding hydrogens is 368 g/mol. The maximum atomic E-state index is 12.5. The summed E-state index contributed by atoms with van der Waals surface area (Å²) in [5.74, 6) is 0.998. The summed E-state index contributed by atoms with van der Waals surface area (Å²) >= 11 is 0. The second-order valence-corrected chi connectivity index (χ2v) is 8.57. The van der Waals surface area contributed by atoms with Crippen LogP contribution in [0.1, 0.15) is 11.1 Å². The van der Waals surface area contributed by atoms with E-state index in [2.05, 4.69) is 5.32 Å². The van der Waals surface area contributed by atoms with Gasteiger partial charge in [-0.2, -0.15) is 0 Å². The van der Waals surface area contributed by atoms with Gasteiger partial charge in [0.15, 0.2) is 0 Å². The number of rotatable bonds is 6. The Hall–Kier alpha value is -2.58. The average Bonchev–Trinajstić information content (AvgIpc) is 3.09. The van der Waals surface area contributed by atoms with E-state index in [4.69, 9.17) is 9.47 Å². The molecule has 0 radical (unpaired) electrons. The van der Waals surface area contributed by atoms with Gasteiger partial charge in [0.2, 0.25) is 15.9 Å². The first-order chi connectivity index (χ1) is 12.8. The van der Waals surface area contributed by atoms with E-state index in [9.17, 15) is 13.2 Å². The summed E-state index contributed by atoms with van der Waals surface area (Å²) in [7, 11) is 0.758. The molecule has 0 aliphatic carbocycles. The summed E-state index contributed by atoms with van der Waals surface area (Å²) in [5, 5.41) is 2.75. The zero-order valence-corrected chi connectivity index (χ0v) is 16.3. The van der Waals surface area contributed by atoms with Gasteiger partial charge in [-0.3, -0.25) is 4.79 Å². The largest absolute Gasteiger partial charge is 0.495 e. The van der Waals surface area contributed by atoms with Gasteiger partial charge in [-0.25, -0.2) is 12.7 Å². The molecule has 0 bridgehead atoms. The smallest absolute Gasteiger partial charge is 0.242 e. The number of amides is 1. The van der Waals surface area contributed by atoms with Crippen LogP contribution in [0.5, 0.6) is 11.5 Å². The molecule has 7 nitrogen and oxygen atoms in total. The minimum absolute atomic E-state index is 0.0817. The molecule has 1 heterocycles. The number of anilines is 1. The number of methoxy groups -OCH3 is 1. The Labute approximate surface area is 158 Å². The molecule has 27 heavy (non-hydrogen) atoms. The van der Waals surface area contributed by atoms with Crippen molar-refractivity contribution in [2.75, 3.05) is 33.1 Å². The molecule has 1 aliphatic heterocycles. The number of sulfonamides is 1. The van der Waals surface area contributed by atoms with Gasteiger partial charge in [-0.1, -0.05) is 12.1 Å². The SMILES string of the molecule is COc1ccc(S(=O)(=O)N(C)C)cc1NC(=O)Cc1ccc2c(c1)CCO2. The highest BCUT2D eigenvalue weighted by atomic mass is 32.2. The lowest BCUT2D eigenvalue weighted by atomic mass is 10.1. The van der Waals surface area contributed by atoms with E-state index < -0.39 is 10.0 Å². The number of carbonyl (C=O) groups excluding carboxylic acids is 1. The highest BCUT2D eigenvalue weighted by Gasteiger charge is 2.20. The van der Waals surface area contributed by atoms with Crippen molar-refractivity contribution in [3.05, 3.63) is 47.5 Å². The van der Waals surface area contributed by atoms with Crippen LogP contribution in [0.25, 0.3) is 0 Å². The standard InChI is InChI=1S/C19H22N2O5S/c1-21(2)27(23,24)15-5-7-18(25-3)16(12-15)20-19(22)11-13-4-6-17-14(10-13)8-9-26-17/h4-7,10,12H,8-9,11H2,1-3H3,(H,20,22). The van der Waals surface area contributed by atoms with Crippen LogP contribution >= 0.6 is 0 Å². The zero-order chi connectivity index (χ0) is 19.6. The Morgan fingerprint density at radius 1 is 1.22 bits per heavy atom. The maximum Gasteiger partial charge on any atom is 0.242 e. The summed E-state index contributed by atoms with van der Waals surface area (Å²) in [5.41, 5.74) is 2.28. The van der Waals surface area contributed by atoms with Gasteiger partial charge in [-0.05, 0) is 35.4 Å². The second-order valence-electron chi connectivity index (χ2n) is 6.42. The third kappa shape index (κ3) is 4.06. The van der Waals surface area contributed by atoms with Crippen LogP contribution in [0, 0.1) is 0 Å². The van der Waals surface area contributed by atoms with Crippen LogP contribution in [0.4, 0.5) is 5.69 Å². The van der Waals surface area contributed by atoms with Crippen molar-refractivity contribution in [3.63, 3.8) is 0 Å². The van der Waals surface area contributed by atoms with Gasteiger partial charge in [0.25, 0.3) is 0 Å². The minimum Gasteiger partial charge on any atom is -0.495 e. The van der Waals surface area contributed by atoms with Gasteiger partial charge in [0.05, 0.1) is 30.7 Å². The first-order valence-electron chi connectivity index (χ1n) is 8.46. The van der Waals surface area contributed by atoms with E-state index >= 15 is 0 Å². The first kappa shape index (κ1) is 19.2. The average molecular weight is 390 g/mol. The Bertz CT molecular complexity index is 970. The number of nitrogens with one attached hydrogen (secondary N) is 1. The summed E-state index contributed by atoms with van der Waals surface area (Å²) in [6.45, 7) is 0.662. The number of fused-ring (bicyclic) bond motifs is 1. The quantitative estimate of drug-likeness (QED) is 0.816. The van der Waals surface area contributed by atoms with E-state index in [0.29, 0.717) is 18.0 Å². The zero-order valence-electron chi connectivity index (χ0n) is 15.5. The lowest BCUT2D eigenvalue weighted by molar-refractivity contribution is -0.115. The van der Waals surface area contributed by atoms with Crippen LogP contribution in [0.2, 0.25) is 0 Å². The fourth-order valence-electron chi connectivity index (χ4n) is 2.89. The number of hydrogen-bond acceptors (Lipinski definition) is 5. The number of carbonyl (C=O) groups is 1. The molecule has 0 atom stereocenters. The molecule has 2 aromatic carbocycles. The van der Waals surface area contributed by atoms with E-state index in [1.54, 1.807) is 0 Å². The van der Waals surface area contributed by atoms with Crippen molar-refractivity contribution in [1.82, 2.24) is 4.31 Å². The molecular formula is C19H22N2O5S. The summed E-state index contributed by atoms with van der Waals surface area (Å²) in [6.07, 6.45) is 1.00. The molecule has 3 rings (SSSR count). The van der Waals surface area contributed by atoms with Crippen LogP contribution in [0.15, 0.2) is 41.3 Å². The summed E-state index contributed by atoms with van der Waals surface area (Å²) in [4.78, 5) is 12.6. The van der Waals surface area contributed by atoms with Crippen LogP contribution in [0.3, 0.4) is 0 Å². The van der Waals surface area contributed by atoms with E-state index in [1.165, 1.54) is 39.4 Å². The molecule has 0 saturated heterocycles. The summed E-state index contributed by atoms with van der Waals surface area (Å²) in [6, 6.07) is 10.1. The highest BCUT2D eigenvalue weighted by Crippen LogP contribution is 2.29. The molecule has 0 fully saturated rings. The number of nitrogens with zero attached hydrogens (tertiary/aromatic N) is 1. The van der Waals surface area contributed by atoms with Gasteiger partial charge in [-0.15, -0.1) is 0 Å². The Kier molecular flexibility index (Phi) is 5.38. The molecule has 8 heteroatoms. The van der Waals surface area contributed by atoms with Gasteiger partial charge >= 0.3 is 0 Å².